The van der Waals surface area contributed by atoms with E-state index in [1.54, 1.807) is 12.1 Å². The number of carbonyl (C=O) groups is 1. The molecule has 158 valence electrons. The third kappa shape index (κ3) is 4.26. The predicted molar refractivity (Wildman–Crippen MR) is 113 cm³/mol. The number of aromatic nitrogens is 1. The second-order valence-electron chi connectivity index (χ2n) is 8.92. The van der Waals surface area contributed by atoms with Gasteiger partial charge in [-0.05, 0) is 66.8 Å². The zero-order valence-corrected chi connectivity index (χ0v) is 18.6. The molecule has 1 aliphatic carbocycles. The van der Waals surface area contributed by atoms with Crippen molar-refractivity contribution in [3.63, 3.8) is 0 Å². The van der Waals surface area contributed by atoms with Gasteiger partial charge in [-0.25, -0.2) is 12.7 Å². The lowest BCUT2D eigenvalue weighted by atomic mass is 9.75. The molecule has 1 aliphatic rings. The van der Waals surface area contributed by atoms with E-state index in [0.717, 1.165) is 36.2 Å². The number of fused-ring (bicyclic) bond motifs is 1. The third-order valence-corrected chi connectivity index (χ3v) is 7.78. The van der Waals surface area contributed by atoms with Crippen LogP contribution >= 0.6 is 0 Å². The average molecular weight is 419 g/mol. The molecule has 1 heterocycles. The number of rotatable bonds is 6. The first kappa shape index (κ1) is 21.6. The quantitative estimate of drug-likeness (QED) is 0.781. The highest BCUT2D eigenvalue weighted by Gasteiger charge is 2.32. The highest BCUT2D eigenvalue weighted by Crippen LogP contribution is 2.39. The summed E-state index contributed by atoms with van der Waals surface area (Å²) in [6, 6.07) is 6.99. The minimum Gasteiger partial charge on any atom is -0.480 e. The summed E-state index contributed by atoms with van der Waals surface area (Å²) in [7, 11) is -0.411. The average Bonchev–Trinajstić information content (AvgIpc) is 2.85. The van der Waals surface area contributed by atoms with Gasteiger partial charge in [0.25, 0.3) is 0 Å². The van der Waals surface area contributed by atoms with Crippen molar-refractivity contribution in [1.82, 2.24) is 8.87 Å². The van der Waals surface area contributed by atoms with Crippen LogP contribution in [0.2, 0.25) is 0 Å². The summed E-state index contributed by atoms with van der Waals surface area (Å²) in [5.74, 6) is -0.833. The van der Waals surface area contributed by atoms with Crippen LogP contribution in [0.3, 0.4) is 0 Å². The SMILES string of the molecule is Cc1c(Cc2ccc(S(=O)(=O)N(C)C)cc2)c2c(n1CC(=O)O)CCC(C)(C)C2. The molecule has 1 aromatic carbocycles. The lowest BCUT2D eigenvalue weighted by molar-refractivity contribution is -0.137. The van der Waals surface area contributed by atoms with Gasteiger partial charge >= 0.3 is 5.97 Å². The van der Waals surface area contributed by atoms with Gasteiger partial charge in [0, 0.05) is 25.5 Å². The molecule has 29 heavy (non-hydrogen) atoms. The van der Waals surface area contributed by atoms with Gasteiger partial charge < -0.3 is 9.67 Å². The number of benzene rings is 1. The van der Waals surface area contributed by atoms with E-state index in [1.165, 1.54) is 29.5 Å². The molecule has 6 nitrogen and oxygen atoms in total. The van der Waals surface area contributed by atoms with Crippen LogP contribution in [0.25, 0.3) is 0 Å². The number of carboxylic acids is 1. The van der Waals surface area contributed by atoms with Gasteiger partial charge in [0.15, 0.2) is 0 Å². The summed E-state index contributed by atoms with van der Waals surface area (Å²) in [6.07, 6.45) is 3.52. The first-order chi connectivity index (χ1) is 13.4. The van der Waals surface area contributed by atoms with Gasteiger partial charge in [-0.3, -0.25) is 4.79 Å². The maximum atomic E-state index is 12.3. The van der Waals surface area contributed by atoms with Crippen LogP contribution in [0.1, 0.15) is 48.3 Å². The molecule has 0 aliphatic heterocycles. The van der Waals surface area contributed by atoms with E-state index in [-0.39, 0.29) is 16.9 Å². The molecule has 0 saturated carbocycles. The Bertz CT molecular complexity index is 1030. The van der Waals surface area contributed by atoms with E-state index in [2.05, 4.69) is 13.8 Å². The molecule has 0 unspecified atom stereocenters. The van der Waals surface area contributed by atoms with Crippen molar-refractivity contribution >= 4 is 16.0 Å². The molecule has 3 rings (SSSR count). The van der Waals surface area contributed by atoms with Crippen molar-refractivity contribution in [3.8, 4) is 0 Å². The molecular weight excluding hydrogens is 388 g/mol. The van der Waals surface area contributed by atoms with Crippen LogP contribution in [-0.2, 0) is 40.6 Å². The van der Waals surface area contributed by atoms with E-state index in [0.29, 0.717) is 6.42 Å². The van der Waals surface area contributed by atoms with Crippen LogP contribution in [0.5, 0.6) is 0 Å². The molecule has 1 aromatic heterocycles. The molecule has 7 heteroatoms. The van der Waals surface area contributed by atoms with Gasteiger partial charge in [0.2, 0.25) is 10.0 Å². The molecular formula is C22H30N2O4S. The summed E-state index contributed by atoms with van der Waals surface area (Å²) in [5.41, 5.74) is 5.80. The Morgan fingerprint density at radius 1 is 1.21 bits per heavy atom. The number of aliphatic carboxylic acids is 1. The summed E-state index contributed by atoms with van der Waals surface area (Å²) < 4.78 is 27.7. The van der Waals surface area contributed by atoms with Crippen molar-refractivity contribution in [2.75, 3.05) is 14.1 Å². The minimum absolute atomic E-state index is 0.0192. The molecule has 0 radical (unpaired) electrons. The Kier molecular flexibility index (Phi) is 5.66. The molecule has 0 fully saturated rings. The molecule has 0 atom stereocenters. The molecule has 1 N–H and O–H groups in total. The van der Waals surface area contributed by atoms with E-state index in [1.807, 2.05) is 23.6 Å². The fraction of sp³-hybridized carbons (Fsp3) is 0.500. The van der Waals surface area contributed by atoms with Gasteiger partial charge in [-0.2, -0.15) is 0 Å². The van der Waals surface area contributed by atoms with Crippen molar-refractivity contribution < 1.29 is 18.3 Å². The molecule has 0 amide bonds. The predicted octanol–water partition coefficient (Wildman–Crippen LogP) is 3.24. The van der Waals surface area contributed by atoms with Gasteiger partial charge in [0.05, 0.1) is 4.90 Å². The molecule has 0 saturated heterocycles. The molecule has 0 spiro atoms. The second kappa shape index (κ2) is 7.61. The number of carboxylic acid groups (broad SMARTS) is 1. The number of sulfonamides is 1. The lowest BCUT2D eigenvalue weighted by Gasteiger charge is -2.31. The monoisotopic (exact) mass is 418 g/mol. The normalized spacial score (nSPS) is 16.1. The summed E-state index contributed by atoms with van der Waals surface area (Å²) in [5, 5.41) is 9.36. The van der Waals surface area contributed by atoms with Crippen LogP contribution < -0.4 is 0 Å². The first-order valence-electron chi connectivity index (χ1n) is 9.85. The van der Waals surface area contributed by atoms with Crippen LogP contribution in [0.15, 0.2) is 29.2 Å². The van der Waals surface area contributed by atoms with Crippen molar-refractivity contribution in [2.24, 2.45) is 5.41 Å². The summed E-state index contributed by atoms with van der Waals surface area (Å²) in [4.78, 5) is 11.7. The summed E-state index contributed by atoms with van der Waals surface area (Å²) >= 11 is 0. The zero-order chi connectivity index (χ0) is 21.6. The Hall–Kier alpha value is -2.12. The van der Waals surface area contributed by atoms with Crippen molar-refractivity contribution in [3.05, 3.63) is 52.3 Å². The fourth-order valence-electron chi connectivity index (χ4n) is 4.22. The first-order valence-corrected chi connectivity index (χ1v) is 11.3. The van der Waals surface area contributed by atoms with E-state index >= 15 is 0 Å². The zero-order valence-electron chi connectivity index (χ0n) is 17.8. The minimum atomic E-state index is -3.45. The Morgan fingerprint density at radius 2 is 1.83 bits per heavy atom. The van der Waals surface area contributed by atoms with E-state index in [4.69, 9.17) is 0 Å². The Morgan fingerprint density at radius 3 is 2.38 bits per heavy atom. The number of nitrogens with zero attached hydrogens (tertiary/aromatic N) is 2. The largest absolute Gasteiger partial charge is 0.480 e. The highest BCUT2D eigenvalue weighted by atomic mass is 32.2. The van der Waals surface area contributed by atoms with E-state index < -0.39 is 16.0 Å². The number of hydrogen-bond acceptors (Lipinski definition) is 3. The molecule has 0 bridgehead atoms. The number of hydrogen-bond donors (Lipinski definition) is 1. The van der Waals surface area contributed by atoms with Gasteiger partial charge in [-0.1, -0.05) is 26.0 Å². The van der Waals surface area contributed by atoms with Gasteiger partial charge in [0.1, 0.15) is 6.54 Å². The fourth-order valence-corrected chi connectivity index (χ4v) is 5.12. The standard InChI is InChI=1S/C22H30N2O4S/c1-15-18(12-16-6-8-17(9-7-16)29(27,28)23(4)5)19-13-22(2,3)11-10-20(19)24(15)14-21(25)26/h6-9H,10-14H2,1-5H3,(H,25,26). The van der Waals surface area contributed by atoms with E-state index in [9.17, 15) is 18.3 Å². The van der Waals surface area contributed by atoms with Crippen molar-refractivity contribution in [1.29, 1.82) is 0 Å². The third-order valence-electron chi connectivity index (χ3n) is 5.95. The van der Waals surface area contributed by atoms with Gasteiger partial charge in [-0.15, -0.1) is 0 Å². The maximum Gasteiger partial charge on any atom is 0.323 e. The smallest absolute Gasteiger partial charge is 0.323 e. The van der Waals surface area contributed by atoms with Crippen molar-refractivity contribution in [2.45, 2.75) is 57.9 Å². The van der Waals surface area contributed by atoms with Crippen LogP contribution in [0.4, 0.5) is 0 Å². The summed E-state index contributed by atoms with van der Waals surface area (Å²) in [6.45, 7) is 6.48. The maximum absolute atomic E-state index is 12.3. The topological polar surface area (TPSA) is 79.6 Å². The highest BCUT2D eigenvalue weighted by molar-refractivity contribution is 7.89. The molecule has 2 aromatic rings. The Balaban J connectivity index is 1.99. The lowest BCUT2D eigenvalue weighted by Crippen LogP contribution is -2.24. The van der Waals surface area contributed by atoms with Crippen LogP contribution in [0, 0.1) is 12.3 Å². The van der Waals surface area contributed by atoms with Crippen LogP contribution in [-0.4, -0.2) is 42.5 Å². The second-order valence-corrected chi connectivity index (χ2v) is 11.1. The Labute approximate surface area is 173 Å².